The van der Waals surface area contributed by atoms with Gasteiger partial charge in [-0.25, -0.2) is 4.39 Å². The van der Waals surface area contributed by atoms with E-state index in [1.807, 2.05) is 12.1 Å². The number of hydrogen-bond acceptors (Lipinski definition) is 2. The molecule has 0 atom stereocenters. The topological polar surface area (TPSA) is 33.0 Å². The second-order valence-corrected chi connectivity index (χ2v) is 4.93. The molecule has 0 amide bonds. The highest BCUT2D eigenvalue weighted by molar-refractivity contribution is 9.10. The van der Waals surface area contributed by atoms with E-state index in [9.17, 15) is 9.65 Å². The molecular weight excluding hydrogens is 321 g/mol. The van der Waals surface area contributed by atoms with E-state index in [2.05, 4.69) is 22.0 Å². The van der Waals surface area contributed by atoms with Crippen LogP contribution in [-0.4, -0.2) is 7.11 Å². The number of hydrogen-bond donors (Lipinski definition) is 0. The number of benzene rings is 2. The molecule has 0 saturated heterocycles. The lowest BCUT2D eigenvalue weighted by Gasteiger charge is -2.04. The summed E-state index contributed by atoms with van der Waals surface area (Å²) in [5.41, 5.74) is 1.79. The Kier molecular flexibility index (Phi) is 4.54. The SMILES string of the molecule is COc1ccc(/C=C(/C#N)c2cccc(F)c2)cc1Br. The van der Waals surface area contributed by atoms with Gasteiger partial charge in [-0.15, -0.1) is 0 Å². The fraction of sp³-hybridized carbons (Fsp3) is 0.0625. The number of nitriles is 1. The van der Waals surface area contributed by atoms with Crippen LogP contribution in [0.2, 0.25) is 0 Å². The largest absolute Gasteiger partial charge is 0.496 e. The van der Waals surface area contributed by atoms with Crippen LogP contribution in [0.5, 0.6) is 5.75 Å². The fourth-order valence-electron chi connectivity index (χ4n) is 1.78. The first-order chi connectivity index (χ1) is 9.63. The molecule has 0 aliphatic heterocycles. The Balaban J connectivity index is 2.42. The van der Waals surface area contributed by atoms with Gasteiger partial charge in [-0.3, -0.25) is 0 Å². The van der Waals surface area contributed by atoms with Gasteiger partial charge in [-0.1, -0.05) is 18.2 Å². The summed E-state index contributed by atoms with van der Waals surface area (Å²) in [6, 6.07) is 13.5. The maximum absolute atomic E-state index is 13.2. The molecule has 0 aliphatic rings. The third-order valence-electron chi connectivity index (χ3n) is 2.74. The average Bonchev–Trinajstić information content (AvgIpc) is 2.45. The minimum Gasteiger partial charge on any atom is -0.496 e. The van der Waals surface area contributed by atoms with Gasteiger partial charge in [0, 0.05) is 0 Å². The number of allylic oxidation sites excluding steroid dienone is 1. The van der Waals surface area contributed by atoms with E-state index in [0.29, 0.717) is 16.9 Å². The smallest absolute Gasteiger partial charge is 0.133 e. The van der Waals surface area contributed by atoms with Crippen LogP contribution < -0.4 is 4.74 Å². The minimum absolute atomic E-state index is 0.362. The zero-order valence-electron chi connectivity index (χ0n) is 10.7. The zero-order chi connectivity index (χ0) is 14.5. The number of rotatable bonds is 3. The number of methoxy groups -OCH3 is 1. The van der Waals surface area contributed by atoms with E-state index in [1.54, 1.807) is 31.4 Å². The molecule has 0 spiro atoms. The Morgan fingerprint density at radius 2 is 2.10 bits per heavy atom. The van der Waals surface area contributed by atoms with Crippen LogP contribution in [0.15, 0.2) is 46.9 Å². The van der Waals surface area contributed by atoms with Gasteiger partial charge in [0.1, 0.15) is 11.6 Å². The Bertz CT molecular complexity index is 704. The van der Waals surface area contributed by atoms with Crippen LogP contribution in [-0.2, 0) is 0 Å². The number of halogens is 2. The molecule has 0 bridgehead atoms. The first-order valence-corrected chi connectivity index (χ1v) is 6.64. The van der Waals surface area contributed by atoms with Gasteiger partial charge in [-0.2, -0.15) is 5.26 Å². The van der Waals surface area contributed by atoms with E-state index in [4.69, 9.17) is 4.74 Å². The predicted octanol–water partition coefficient (Wildman–Crippen LogP) is 4.66. The summed E-state index contributed by atoms with van der Waals surface area (Å²) in [7, 11) is 1.59. The molecule has 2 nitrogen and oxygen atoms in total. The van der Waals surface area contributed by atoms with Crippen molar-refractivity contribution >= 4 is 27.6 Å². The molecule has 0 saturated carbocycles. The molecule has 0 unspecified atom stereocenters. The predicted molar refractivity (Wildman–Crippen MR) is 80.6 cm³/mol. The number of nitrogens with zero attached hydrogens (tertiary/aromatic N) is 1. The maximum atomic E-state index is 13.2. The summed E-state index contributed by atoms with van der Waals surface area (Å²) in [5.74, 6) is 0.353. The monoisotopic (exact) mass is 331 g/mol. The summed E-state index contributed by atoms with van der Waals surface area (Å²) in [6.07, 6.45) is 1.71. The first kappa shape index (κ1) is 14.3. The van der Waals surface area contributed by atoms with E-state index in [1.165, 1.54) is 12.1 Å². The summed E-state index contributed by atoms with van der Waals surface area (Å²) in [5, 5.41) is 9.22. The average molecular weight is 332 g/mol. The summed E-state index contributed by atoms with van der Waals surface area (Å²) in [6.45, 7) is 0. The Morgan fingerprint density at radius 3 is 2.70 bits per heavy atom. The van der Waals surface area contributed by atoms with Crippen molar-refractivity contribution < 1.29 is 9.13 Å². The normalized spacial score (nSPS) is 11.0. The molecular formula is C16H11BrFNO. The molecule has 0 radical (unpaired) electrons. The highest BCUT2D eigenvalue weighted by atomic mass is 79.9. The molecule has 100 valence electrons. The van der Waals surface area contributed by atoms with Crippen molar-refractivity contribution in [3.8, 4) is 11.8 Å². The second kappa shape index (κ2) is 6.36. The Labute approximate surface area is 125 Å². The second-order valence-electron chi connectivity index (χ2n) is 4.07. The van der Waals surface area contributed by atoms with Crippen molar-refractivity contribution in [1.29, 1.82) is 5.26 Å². The molecule has 2 rings (SSSR count). The highest BCUT2D eigenvalue weighted by Crippen LogP contribution is 2.27. The summed E-state index contributed by atoms with van der Waals surface area (Å²) >= 11 is 3.39. The lowest BCUT2D eigenvalue weighted by molar-refractivity contribution is 0.412. The zero-order valence-corrected chi connectivity index (χ0v) is 12.3. The van der Waals surface area contributed by atoms with Gasteiger partial charge in [-0.05, 0) is 57.4 Å². The Hall–Kier alpha value is -2.12. The first-order valence-electron chi connectivity index (χ1n) is 5.85. The van der Waals surface area contributed by atoms with Gasteiger partial charge < -0.3 is 4.74 Å². The molecule has 0 N–H and O–H groups in total. The molecule has 20 heavy (non-hydrogen) atoms. The van der Waals surface area contributed by atoms with Crippen molar-refractivity contribution in [3.63, 3.8) is 0 Å². The van der Waals surface area contributed by atoms with Gasteiger partial charge >= 0.3 is 0 Å². The standard InChI is InChI=1S/C16H11BrFNO/c1-20-16-6-5-11(8-15(16)17)7-13(10-19)12-3-2-4-14(18)9-12/h2-9H,1H3/b13-7-. The van der Waals surface area contributed by atoms with Crippen molar-refractivity contribution in [2.45, 2.75) is 0 Å². The summed E-state index contributed by atoms with van der Waals surface area (Å²) in [4.78, 5) is 0. The molecule has 0 fully saturated rings. The van der Waals surface area contributed by atoms with Crippen LogP contribution in [0.1, 0.15) is 11.1 Å². The lowest BCUT2D eigenvalue weighted by Crippen LogP contribution is -1.86. The maximum Gasteiger partial charge on any atom is 0.133 e. The van der Waals surface area contributed by atoms with Crippen molar-refractivity contribution in [3.05, 3.63) is 63.9 Å². The molecule has 4 heteroatoms. The van der Waals surface area contributed by atoms with Crippen LogP contribution in [0.4, 0.5) is 4.39 Å². The molecule has 2 aromatic carbocycles. The third kappa shape index (κ3) is 3.25. The Morgan fingerprint density at radius 1 is 1.30 bits per heavy atom. The highest BCUT2D eigenvalue weighted by Gasteiger charge is 2.04. The van der Waals surface area contributed by atoms with Crippen molar-refractivity contribution in [1.82, 2.24) is 0 Å². The fourth-order valence-corrected chi connectivity index (χ4v) is 2.33. The van der Waals surface area contributed by atoms with Gasteiger partial charge in [0.2, 0.25) is 0 Å². The van der Waals surface area contributed by atoms with E-state index in [-0.39, 0.29) is 5.82 Å². The molecule has 2 aromatic rings. The van der Waals surface area contributed by atoms with E-state index < -0.39 is 0 Å². The summed E-state index contributed by atoms with van der Waals surface area (Å²) < 4.78 is 19.2. The van der Waals surface area contributed by atoms with Crippen LogP contribution in [0.3, 0.4) is 0 Å². The minimum atomic E-state index is -0.362. The quantitative estimate of drug-likeness (QED) is 0.605. The third-order valence-corrected chi connectivity index (χ3v) is 3.36. The van der Waals surface area contributed by atoms with Crippen molar-refractivity contribution in [2.24, 2.45) is 0 Å². The molecule has 0 aromatic heterocycles. The van der Waals surface area contributed by atoms with E-state index >= 15 is 0 Å². The van der Waals surface area contributed by atoms with E-state index in [0.717, 1.165) is 10.0 Å². The number of ether oxygens (including phenoxy) is 1. The van der Waals surface area contributed by atoms with Crippen LogP contribution in [0.25, 0.3) is 11.6 Å². The van der Waals surface area contributed by atoms with Crippen LogP contribution >= 0.6 is 15.9 Å². The van der Waals surface area contributed by atoms with Crippen LogP contribution in [0, 0.1) is 17.1 Å². The van der Waals surface area contributed by atoms with Crippen molar-refractivity contribution in [2.75, 3.05) is 7.11 Å². The molecule has 0 aliphatic carbocycles. The molecule has 0 heterocycles. The van der Waals surface area contributed by atoms with Gasteiger partial charge in [0.05, 0.1) is 23.2 Å². The van der Waals surface area contributed by atoms with Gasteiger partial charge in [0.25, 0.3) is 0 Å². The lowest BCUT2D eigenvalue weighted by atomic mass is 10.0. The van der Waals surface area contributed by atoms with Gasteiger partial charge in [0.15, 0.2) is 0 Å².